The Kier molecular flexibility index (Phi) is 5.51. The summed E-state index contributed by atoms with van der Waals surface area (Å²) in [4.78, 5) is 12.5. The average Bonchev–Trinajstić information content (AvgIpc) is 2.70. The number of amides is 1. The van der Waals surface area contributed by atoms with E-state index in [4.69, 9.17) is 10.5 Å². The number of aliphatic hydroxyl groups excluding tert-OH is 1. The molecule has 0 spiro atoms. The van der Waals surface area contributed by atoms with Gasteiger partial charge >= 0.3 is 0 Å². The molecule has 1 atom stereocenters. The lowest BCUT2D eigenvalue weighted by Gasteiger charge is -2.16. The Morgan fingerprint density at radius 1 is 1.15 bits per heavy atom. The first-order valence-electron chi connectivity index (χ1n) is 8.45. The van der Waals surface area contributed by atoms with Gasteiger partial charge in [-0.15, -0.1) is 0 Å². The Morgan fingerprint density at radius 2 is 1.92 bits per heavy atom. The van der Waals surface area contributed by atoms with E-state index in [1.807, 2.05) is 48.5 Å². The van der Waals surface area contributed by atoms with Crippen LogP contribution in [0.5, 0.6) is 5.75 Å². The van der Waals surface area contributed by atoms with E-state index in [0.29, 0.717) is 17.9 Å². The van der Waals surface area contributed by atoms with Gasteiger partial charge in [-0.3, -0.25) is 4.79 Å². The van der Waals surface area contributed by atoms with Crippen molar-refractivity contribution >= 4 is 16.7 Å². The number of methoxy groups -OCH3 is 1. The molecular weight excluding hydrogens is 328 g/mol. The molecule has 3 rings (SSSR count). The highest BCUT2D eigenvalue weighted by Crippen LogP contribution is 2.24. The molecule has 1 amide bonds. The Hall–Kier alpha value is -2.89. The summed E-state index contributed by atoms with van der Waals surface area (Å²) in [5.74, 6) is 0.163. The monoisotopic (exact) mass is 350 g/mol. The maximum atomic E-state index is 12.5. The normalized spacial score (nSPS) is 12.0. The number of hydrogen-bond acceptors (Lipinski definition) is 4. The second kappa shape index (κ2) is 7.99. The number of rotatable bonds is 6. The van der Waals surface area contributed by atoms with Crippen LogP contribution in [0, 0.1) is 0 Å². The van der Waals surface area contributed by atoms with Crippen LogP contribution in [0.25, 0.3) is 10.8 Å². The van der Waals surface area contributed by atoms with Gasteiger partial charge in [0.15, 0.2) is 0 Å². The minimum absolute atomic E-state index is 0.100. The molecule has 26 heavy (non-hydrogen) atoms. The van der Waals surface area contributed by atoms with Gasteiger partial charge in [-0.2, -0.15) is 0 Å². The van der Waals surface area contributed by atoms with Crippen LogP contribution in [-0.2, 0) is 6.54 Å². The Balaban J connectivity index is 1.77. The van der Waals surface area contributed by atoms with Gasteiger partial charge in [0.25, 0.3) is 5.91 Å². The van der Waals surface area contributed by atoms with Crippen molar-refractivity contribution in [3.63, 3.8) is 0 Å². The highest BCUT2D eigenvalue weighted by Gasteiger charge is 2.16. The zero-order valence-electron chi connectivity index (χ0n) is 14.6. The topological polar surface area (TPSA) is 84.6 Å². The second-order valence-electron chi connectivity index (χ2n) is 6.03. The number of aliphatic hydroxyl groups is 1. The van der Waals surface area contributed by atoms with Gasteiger partial charge in [-0.05, 0) is 34.0 Å². The molecule has 1 unspecified atom stereocenters. The van der Waals surface area contributed by atoms with Crippen LogP contribution in [0.4, 0.5) is 0 Å². The number of fused-ring (bicyclic) bond motifs is 1. The van der Waals surface area contributed by atoms with Crippen molar-refractivity contribution in [2.45, 2.75) is 12.6 Å². The molecule has 5 nitrogen and oxygen atoms in total. The molecule has 5 heteroatoms. The van der Waals surface area contributed by atoms with Crippen LogP contribution < -0.4 is 15.8 Å². The molecule has 0 saturated heterocycles. The van der Waals surface area contributed by atoms with Gasteiger partial charge in [0.1, 0.15) is 5.75 Å². The first-order valence-corrected chi connectivity index (χ1v) is 8.45. The van der Waals surface area contributed by atoms with Crippen molar-refractivity contribution < 1.29 is 14.6 Å². The van der Waals surface area contributed by atoms with E-state index in [9.17, 15) is 9.90 Å². The van der Waals surface area contributed by atoms with E-state index in [1.54, 1.807) is 12.1 Å². The summed E-state index contributed by atoms with van der Waals surface area (Å²) in [6.07, 6.45) is -0.811. The smallest absolute Gasteiger partial charge is 0.255 e. The zero-order chi connectivity index (χ0) is 18.5. The van der Waals surface area contributed by atoms with E-state index < -0.39 is 6.10 Å². The summed E-state index contributed by atoms with van der Waals surface area (Å²) in [5, 5.41) is 15.4. The van der Waals surface area contributed by atoms with E-state index in [2.05, 4.69) is 5.32 Å². The summed E-state index contributed by atoms with van der Waals surface area (Å²) in [6.45, 7) is 0.436. The van der Waals surface area contributed by atoms with Crippen molar-refractivity contribution in [2.75, 3.05) is 13.7 Å². The van der Waals surface area contributed by atoms with Gasteiger partial charge in [0.05, 0.1) is 18.8 Å². The van der Waals surface area contributed by atoms with Crippen molar-refractivity contribution in [2.24, 2.45) is 5.73 Å². The minimum Gasteiger partial charge on any atom is -0.496 e. The molecule has 0 radical (unpaired) electrons. The van der Waals surface area contributed by atoms with Crippen molar-refractivity contribution in [1.82, 2.24) is 5.32 Å². The second-order valence-corrected chi connectivity index (χ2v) is 6.03. The predicted molar refractivity (Wildman–Crippen MR) is 102 cm³/mol. The Morgan fingerprint density at radius 3 is 2.69 bits per heavy atom. The SMILES string of the molecule is COc1ccc(CN)cc1C(=O)NCC(O)c1cccc2ccccc12. The summed E-state index contributed by atoms with van der Waals surface area (Å²) >= 11 is 0. The quantitative estimate of drug-likeness (QED) is 0.638. The van der Waals surface area contributed by atoms with E-state index in [-0.39, 0.29) is 12.5 Å². The van der Waals surface area contributed by atoms with E-state index in [0.717, 1.165) is 21.9 Å². The Labute approximate surface area is 152 Å². The predicted octanol–water partition coefficient (Wildman–Crippen LogP) is 2.77. The fourth-order valence-corrected chi connectivity index (χ4v) is 3.00. The first-order chi connectivity index (χ1) is 12.6. The van der Waals surface area contributed by atoms with Gasteiger partial charge in [0.2, 0.25) is 0 Å². The molecule has 0 heterocycles. The molecule has 0 fully saturated rings. The Bertz CT molecular complexity index is 919. The third-order valence-corrected chi connectivity index (χ3v) is 4.38. The number of carbonyl (C=O) groups excluding carboxylic acids is 1. The summed E-state index contributed by atoms with van der Waals surface area (Å²) < 4.78 is 5.25. The summed E-state index contributed by atoms with van der Waals surface area (Å²) in [7, 11) is 1.51. The maximum absolute atomic E-state index is 12.5. The first kappa shape index (κ1) is 17.9. The zero-order valence-corrected chi connectivity index (χ0v) is 14.6. The van der Waals surface area contributed by atoms with Gasteiger partial charge in [-0.1, -0.05) is 48.5 Å². The fourth-order valence-electron chi connectivity index (χ4n) is 3.00. The molecule has 3 aromatic carbocycles. The molecule has 4 N–H and O–H groups in total. The number of nitrogens with one attached hydrogen (secondary N) is 1. The highest BCUT2D eigenvalue weighted by molar-refractivity contribution is 5.97. The third kappa shape index (κ3) is 3.69. The number of carbonyl (C=O) groups is 1. The number of nitrogens with two attached hydrogens (primary N) is 1. The number of benzene rings is 3. The highest BCUT2D eigenvalue weighted by atomic mass is 16.5. The number of ether oxygens (including phenoxy) is 1. The van der Waals surface area contributed by atoms with Crippen molar-refractivity contribution in [1.29, 1.82) is 0 Å². The van der Waals surface area contributed by atoms with Gasteiger partial charge in [0, 0.05) is 13.1 Å². The van der Waals surface area contributed by atoms with Gasteiger partial charge in [-0.25, -0.2) is 0 Å². The van der Waals surface area contributed by atoms with Crippen LogP contribution in [0.3, 0.4) is 0 Å². The molecule has 134 valence electrons. The molecule has 0 aliphatic rings. The lowest BCUT2D eigenvalue weighted by Crippen LogP contribution is -2.29. The van der Waals surface area contributed by atoms with E-state index >= 15 is 0 Å². The van der Waals surface area contributed by atoms with Crippen LogP contribution in [0.1, 0.15) is 27.6 Å². The van der Waals surface area contributed by atoms with Crippen molar-refractivity contribution in [3.8, 4) is 5.75 Å². The van der Waals surface area contributed by atoms with Crippen LogP contribution in [-0.4, -0.2) is 24.7 Å². The fraction of sp³-hybridized carbons (Fsp3) is 0.190. The summed E-state index contributed by atoms with van der Waals surface area (Å²) in [6, 6.07) is 18.9. The summed E-state index contributed by atoms with van der Waals surface area (Å²) in [5.41, 5.74) is 7.67. The third-order valence-electron chi connectivity index (χ3n) is 4.38. The van der Waals surface area contributed by atoms with Crippen molar-refractivity contribution in [3.05, 3.63) is 77.4 Å². The van der Waals surface area contributed by atoms with Crippen LogP contribution in [0.2, 0.25) is 0 Å². The molecule has 0 aliphatic carbocycles. The minimum atomic E-state index is -0.811. The number of hydrogen-bond donors (Lipinski definition) is 3. The standard InChI is InChI=1S/C21H22N2O3/c1-26-20-10-9-14(12-22)11-18(20)21(25)23-13-19(24)17-8-4-6-15-5-2-3-7-16(15)17/h2-11,19,24H,12-13,22H2,1H3,(H,23,25). The lowest BCUT2D eigenvalue weighted by atomic mass is 10.0. The molecule has 0 aliphatic heterocycles. The van der Waals surface area contributed by atoms with Crippen LogP contribution >= 0.6 is 0 Å². The molecular formula is C21H22N2O3. The maximum Gasteiger partial charge on any atom is 0.255 e. The van der Waals surface area contributed by atoms with Gasteiger partial charge < -0.3 is 20.9 Å². The molecule has 0 aromatic heterocycles. The van der Waals surface area contributed by atoms with Crippen LogP contribution in [0.15, 0.2) is 60.7 Å². The average molecular weight is 350 g/mol. The molecule has 0 saturated carbocycles. The molecule has 0 bridgehead atoms. The molecule has 3 aromatic rings. The van der Waals surface area contributed by atoms with E-state index in [1.165, 1.54) is 7.11 Å². The lowest BCUT2D eigenvalue weighted by molar-refractivity contribution is 0.0914. The largest absolute Gasteiger partial charge is 0.496 e.